The second-order valence-corrected chi connectivity index (χ2v) is 5.12. The van der Waals surface area contributed by atoms with E-state index < -0.39 is 0 Å². The second kappa shape index (κ2) is 13.0. The molecule has 6 heteroatoms. The lowest BCUT2D eigenvalue weighted by atomic mass is 10.1. The van der Waals surface area contributed by atoms with Crippen LogP contribution in [-0.2, 0) is 4.79 Å². The Kier molecular flexibility index (Phi) is 14.5. The van der Waals surface area contributed by atoms with Gasteiger partial charge in [-0.25, -0.2) is 0 Å². The van der Waals surface area contributed by atoms with Crippen molar-refractivity contribution in [3.63, 3.8) is 0 Å². The van der Waals surface area contributed by atoms with Crippen LogP contribution in [0.4, 0.5) is 0 Å². The molecule has 1 aliphatic rings. The maximum atomic E-state index is 11.4. The fraction of sp³-hybridized carbons (Fsp3) is 0.923. The first-order valence-electron chi connectivity index (χ1n) is 6.93. The van der Waals surface area contributed by atoms with Crippen LogP contribution in [0.3, 0.4) is 0 Å². The van der Waals surface area contributed by atoms with E-state index in [-0.39, 0.29) is 36.8 Å². The number of nitrogens with zero attached hydrogens (tertiary/aromatic N) is 1. The summed E-state index contributed by atoms with van der Waals surface area (Å²) in [5, 5.41) is 2.96. The van der Waals surface area contributed by atoms with E-state index in [4.69, 9.17) is 5.73 Å². The molecule has 0 radical (unpaired) electrons. The molecule has 1 rings (SSSR count). The van der Waals surface area contributed by atoms with Gasteiger partial charge in [0, 0.05) is 19.0 Å². The molecule has 1 unspecified atom stereocenters. The number of halogens is 2. The Labute approximate surface area is 129 Å². The molecular formula is C13H29Cl2N3O. The molecule has 0 aromatic heterocycles. The molecule has 0 bridgehead atoms. The number of nitrogens with two attached hydrogens (primary N) is 1. The zero-order chi connectivity index (χ0) is 12.5. The molecule has 0 aliphatic carbocycles. The van der Waals surface area contributed by atoms with E-state index in [1.54, 1.807) is 0 Å². The molecule has 1 amide bonds. The molecule has 0 saturated carbocycles. The van der Waals surface area contributed by atoms with Crippen LogP contribution >= 0.6 is 24.8 Å². The summed E-state index contributed by atoms with van der Waals surface area (Å²) in [5.74, 6) is 0.140. The van der Waals surface area contributed by atoms with E-state index in [1.165, 1.54) is 32.4 Å². The van der Waals surface area contributed by atoms with E-state index in [2.05, 4.69) is 10.2 Å². The molecule has 19 heavy (non-hydrogen) atoms. The van der Waals surface area contributed by atoms with Crippen molar-refractivity contribution in [2.24, 2.45) is 5.73 Å². The van der Waals surface area contributed by atoms with Gasteiger partial charge in [-0.05, 0) is 52.2 Å². The van der Waals surface area contributed by atoms with Crippen LogP contribution in [0, 0.1) is 0 Å². The smallest absolute Gasteiger partial charge is 0.220 e. The molecule has 3 N–H and O–H groups in total. The van der Waals surface area contributed by atoms with Gasteiger partial charge in [0.1, 0.15) is 0 Å². The van der Waals surface area contributed by atoms with Gasteiger partial charge >= 0.3 is 0 Å². The van der Waals surface area contributed by atoms with E-state index in [0.29, 0.717) is 6.42 Å². The lowest BCUT2D eigenvalue weighted by Crippen LogP contribution is -2.33. The van der Waals surface area contributed by atoms with Crippen LogP contribution < -0.4 is 11.1 Å². The van der Waals surface area contributed by atoms with Crippen molar-refractivity contribution >= 4 is 30.7 Å². The normalized spacial score (nSPS) is 16.9. The number of amides is 1. The predicted molar refractivity (Wildman–Crippen MR) is 85.3 cm³/mol. The van der Waals surface area contributed by atoms with Crippen molar-refractivity contribution in [1.29, 1.82) is 0 Å². The van der Waals surface area contributed by atoms with Gasteiger partial charge < -0.3 is 16.0 Å². The summed E-state index contributed by atoms with van der Waals surface area (Å²) in [6.07, 6.45) is 6.44. The highest BCUT2D eigenvalue weighted by Crippen LogP contribution is 2.08. The lowest BCUT2D eigenvalue weighted by molar-refractivity contribution is -0.121. The number of carbonyl (C=O) groups excluding carboxylic acids is 1. The number of piperidine rings is 1. The molecular weight excluding hydrogens is 285 g/mol. The van der Waals surface area contributed by atoms with E-state index >= 15 is 0 Å². The molecule has 116 valence electrons. The maximum absolute atomic E-state index is 11.4. The molecule has 1 atom stereocenters. The van der Waals surface area contributed by atoms with Crippen LogP contribution in [0.15, 0.2) is 0 Å². The van der Waals surface area contributed by atoms with E-state index in [1.807, 2.05) is 6.92 Å². The molecule has 0 aromatic carbocycles. The van der Waals surface area contributed by atoms with Crippen LogP contribution in [0.2, 0.25) is 0 Å². The van der Waals surface area contributed by atoms with Crippen molar-refractivity contribution in [3.8, 4) is 0 Å². The minimum atomic E-state index is 0. The SMILES string of the molecule is CC(N)CCC(=O)NCCCN1CCCCC1.Cl.Cl. The van der Waals surface area contributed by atoms with Gasteiger partial charge in [0.2, 0.25) is 5.91 Å². The average molecular weight is 314 g/mol. The number of rotatable bonds is 7. The minimum Gasteiger partial charge on any atom is -0.356 e. The highest BCUT2D eigenvalue weighted by molar-refractivity contribution is 5.85. The van der Waals surface area contributed by atoms with E-state index in [9.17, 15) is 4.79 Å². The number of hydrogen-bond donors (Lipinski definition) is 2. The standard InChI is InChI=1S/C13H27N3O.2ClH/c1-12(14)6-7-13(17)15-8-5-11-16-9-3-2-4-10-16;;/h12H,2-11,14H2,1H3,(H,15,17);2*1H. The van der Waals surface area contributed by atoms with Gasteiger partial charge in [-0.1, -0.05) is 6.42 Å². The molecule has 0 spiro atoms. The van der Waals surface area contributed by atoms with Gasteiger partial charge in [-0.15, -0.1) is 24.8 Å². The van der Waals surface area contributed by atoms with Crippen LogP contribution in [0.25, 0.3) is 0 Å². The zero-order valence-electron chi connectivity index (χ0n) is 11.9. The first kappa shape index (κ1) is 21.3. The molecule has 1 saturated heterocycles. The van der Waals surface area contributed by atoms with E-state index in [0.717, 1.165) is 25.9 Å². The van der Waals surface area contributed by atoms with Crippen LogP contribution in [0.1, 0.15) is 45.4 Å². The Morgan fingerprint density at radius 2 is 1.89 bits per heavy atom. The number of nitrogens with one attached hydrogen (secondary N) is 1. The van der Waals surface area contributed by atoms with Crippen LogP contribution in [-0.4, -0.2) is 43.0 Å². The Morgan fingerprint density at radius 3 is 2.47 bits per heavy atom. The first-order valence-corrected chi connectivity index (χ1v) is 6.93. The van der Waals surface area contributed by atoms with Gasteiger partial charge in [-0.2, -0.15) is 0 Å². The summed E-state index contributed by atoms with van der Waals surface area (Å²) in [7, 11) is 0. The average Bonchev–Trinajstić information content (AvgIpc) is 2.33. The maximum Gasteiger partial charge on any atom is 0.220 e. The van der Waals surface area contributed by atoms with Crippen molar-refractivity contribution in [3.05, 3.63) is 0 Å². The molecule has 1 aliphatic heterocycles. The van der Waals surface area contributed by atoms with Crippen molar-refractivity contribution in [2.45, 2.75) is 51.5 Å². The summed E-state index contributed by atoms with van der Waals surface area (Å²) in [4.78, 5) is 13.9. The van der Waals surface area contributed by atoms with Crippen molar-refractivity contribution < 1.29 is 4.79 Å². The zero-order valence-corrected chi connectivity index (χ0v) is 13.5. The highest BCUT2D eigenvalue weighted by atomic mass is 35.5. The van der Waals surface area contributed by atoms with Gasteiger partial charge in [0.25, 0.3) is 0 Å². The third-order valence-electron chi connectivity index (χ3n) is 3.25. The largest absolute Gasteiger partial charge is 0.356 e. The topological polar surface area (TPSA) is 58.4 Å². The molecule has 1 fully saturated rings. The van der Waals surface area contributed by atoms with Gasteiger partial charge in [-0.3, -0.25) is 4.79 Å². The summed E-state index contributed by atoms with van der Waals surface area (Å²) >= 11 is 0. The van der Waals surface area contributed by atoms with Crippen molar-refractivity contribution in [1.82, 2.24) is 10.2 Å². The van der Waals surface area contributed by atoms with Crippen molar-refractivity contribution in [2.75, 3.05) is 26.2 Å². The summed E-state index contributed by atoms with van der Waals surface area (Å²) in [6.45, 7) is 6.32. The number of hydrogen-bond acceptors (Lipinski definition) is 3. The third kappa shape index (κ3) is 11.5. The number of likely N-dealkylation sites (tertiary alicyclic amines) is 1. The first-order chi connectivity index (χ1) is 8.18. The minimum absolute atomic E-state index is 0. The fourth-order valence-corrected chi connectivity index (χ4v) is 2.16. The molecule has 0 aromatic rings. The monoisotopic (exact) mass is 313 g/mol. The van der Waals surface area contributed by atoms with Crippen LogP contribution in [0.5, 0.6) is 0 Å². The Bertz CT molecular complexity index is 222. The molecule has 4 nitrogen and oxygen atoms in total. The van der Waals surface area contributed by atoms with Gasteiger partial charge in [0.15, 0.2) is 0 Å². The predicted octanol–water partition coefficient (Wildman–Crippen LogP) is 1.95. The number of carbonyl (C=O) groups is 1. The summed E-state index contributed by atoms with van der Waals surface area (Å²) < 4.78 is 0. The summed E-state index contributed by atoms with van der Waals surface area (Å²) in [6, 6.07) is 0.120. The third-order valence-corrected chi connectivity index (χ3v) is 3.25. The summed E-state index contributed by atoms with van der Waals surface area (Å²) in [5.41, 5.74) is 5.61. The van der Waals surface area contributed by atoms with Gasteiger partial charge in [0.05, 0.1) is 0 Å². The molecule has 1 heterocycles. The Balaban J connectivity index is 0. The fourth-order valence-electron chi connectivity index (χ4n) is 2.16. The Morgan fingerprint density at radius 1 is 1.26 bits per heavy atom. The highest BCUT2D eigenvalue weighted by Gasteiger charge is 2.09. The second-order valence-electron chi connectivity index (χ2n) is 5.12. The quantitative estimate of drug-likeness (QED) is 0.706. The lowest BCUT2D eigenvalue weighted by Gasteiger charge is -2.26. The Hall–Kier alpha value is -0.0300.